The van der Waals surface area contributed by atoms with Crippen LogP contribution in [0.15, 0.2) is 76.6 Å². The number of ether oxygens (including phenoxy) is 6. The molecule has 2 aliphatic heterocycles. The zero-order chi connectivity index (χ0) is 31.0. The molecule has 0 atom stereocenters. The summed E-state index contributed by atoms with van der Waals surface area (Å²) >= 11 is 7.34. The third kappa shape index (κ3) is 12.9. The van der Waals surface area contributed by atoms with Crippen molar-refractivity contribution < 1.29 is 28.4 Å². The molecule has 238 valence electrons. The predicted molar refractivity (Wildman–Crippen MR) is 190 cm³/mol. The molecule has 4 rings (SSSR count). The predicted octanol–water partition coefficient (Wildman–Crippen LogP) is 9.27. The lowest BCUT2D eigenvalue weighted by atomic mass is 10.2. The van der Waals surface area contributed by atoms with E-state index in [-0.39, 0.29) is 0 Å². The molecular formula is C34H42O6S4. The van der Waals surface area contributed by atoms with Crippen LogP contribution in [0.2, 0.25) is 0 Å². The maximum absolute atomic E-state index is 5.78. The Hall–Kier alpha value is -1.76. The molecule has 2 aromatic rings. The van der Waals surface area contributed by atoms with Gasteiger partial charge in [0.1, 0.15) is 24.7 Å². The van der Waals surface area contributed by atoms with Crippen LogP contribution in [0, 0.1) is 0 Å². The topological polar surface area (TPSA) is 55.4 Å². The van der Waals surface area contributed by atoms with Gasteiger partial charge in [-0.05, 0) is 94.9 Å². The maximum atomic E-state index is 5.78. The van der Waals surface area contributed by atoms with E-state index < -0.39 is 0 Å². The highest BCUT2D eigenvalue weighted by molar-refractivity contribution is 8.29. The Morgan fingerprint density at radius 2 is 0.682 bits per heavy atom. The van der Waals surface area contributed by atoms with Gasteiger partial charge in [0.25, 0.3) is 0 Å². The highest BCUT2D eigenvalue weighted by Gasteiger charge is 2.14. The first-order valence-corrected chi connectivity index (χ1v) is 18.0. The number of hydrogen-bond donors (Lipinski definition) is 0. The normalized spacial score (nSPS) is 15.0. The van der Waals surface area contributed by atoms with E-state index in [9.17, 15) is 0 Å². The largest absolute Gasteiger partial charge is 0.491 e. The highest BCUT2D eigenvalue weighted by Crippen LogP contribution is 2.50. The van der Waals surface area contributed by atoms with Crippen LogP contribution < -0.4 is 9.47 Å². The molecule has 10 heteroatoms. The summed E-state index contributed by atoms with van der Waals surface area (Å²) in [6.45, 7) is 13.9. The lowest BCUT2D eigenvalue weighted by Crippen LogP contribution is -2.14. The minimum absolute atomic E-state index is 0.503. The van der Waals surface area contributed by atoms with E-state index in [1.807, 2.05) is 71.3 Å². The summed E-state index contributed by atoms with van der Waals surface area (Å²) < 4.78 is 36.5. The summed E-state index contributed by atoms with van der Waals surface area (Å²) in [6.07, 6.45) is 4.43. The van der Waals surface area contributed by atoms with E-state index in [4.69, 9.17) is 28.4 Å². The van der Waals surface area contributed by atoms with Crippen molar-refractivity contribution in [2.75, 3.05) is 66.1 Å². The van der Waals surface area contributed by atoms with Gasteiger partial charge in [0.15, 0.2) is 0 Å². The maximum Gasteiger partial charge on any atom is 0.119 e. The third-order valence-corrected chi connectivity index (χ3v) is 11.4. The van der Waals surface area contributed by atoms with Gasteiger partial charge in [0.2, 0.25) is 0 Å². The van der Waals surface area contributed by atoms with Crippen molar-refractivity contribution in [1.82, 2.24) is 0 Å². The summed E-state index contributed by atoms with van der Waals surface area (Å²) in [4.78, 5) is 5.52. The quantitative estimate of drug-likeness (QED) is 0.135. The number of allylic oxidation sites excluding steroid dienone is 4. The van der Waals surface area contributed by atoms with Gasteiger partial charge in [-0.3, -0.25) is 0 Å². The molecule has 0 spiro atoms. The van der Waals surface area contributed by atoms with Crippen molar-refractivity contribution in [2.45, 2.75) is 27.7 Å². The molecule has 2 heterocycles. The first kappa shape index (κ1) is 35.1. The fourth-order valence-electron chi connectivity index (χ4n) is 3.84. The minimum atomic E-state index is 0.503. The first-order valence-electron chi connectivity index (χ1n) is 14.7. The summed E-state index contributed by atoms with van der Waals surface area (Å²) in [7, 11) is 0. The summed E-state index contributed by atoms with van der Waals surface area (Å²) in [6, 6.07) is 16.3. The average Bonchev–Trinajstić information content (AvgIpc) is 3.51. The van der Waals surface area contributed by atoms with Crippen LogP contribution in [-0.4, -0.2) is 66.1 Å². The van der Waals surface area contributed by atoms with E-state index in [0.29, 0.717) is 66.1 Å². The smallest absolute Gasteiger partial charge is 0.119 e. The number of thioether (sulfide) groups is 4. The van der Waals surface area contributed by atoms with Crippen molar-refractivity contribution in [2.24, 2.45) is 0 Å². The molecule has 0 aliphatic carbocycles. The monoisotopic (exact) mass is 674 g/mol. The van der Waals surface area contributed by atoms with Crippen molar-refractivity contribution in [3.05, 3.63) is 87.8 Å². The Bertz CT molecular complexity index is 1170. The van der Waals surface area contributed by atoms with Gasteiger partial charge in [-0.2, -0.15) is 0 Å². The zero-order valence-corrected chi connectivity index (χ0v) is 29.2. The summed E-state index contributed by atoms with van der Waals surface area (Å²) in [5.74, 6) is 1.69. The van der Waals surface area contributed by atoms with E-state index in [2.05, 4.69) is 64.1 Å². The Morgan fingerprint density at radius 3 is 0.977 bits per heavy atom. The standard InChI is InChI=1S/C34H42O6S4/c1-25-26(2)42-33(41-25)23-29-5-9-31(10-6-29)39-21-19-37-17-15-35-13-14-36-16-18-38-20-22-40-32-11-7-30(8-12-32)24-34-43-27(3)28(4)44-34/h5-12,23-24H,13-22H2,1-4H3. The molecular weight excluding hydrogens is 633 g/mol. The molecule has 0 radical (unpaired) electrons. The summed E-state index contributed by atoms with van der Waals surface area (Å²) in [5, 5.41) is 0. The van der Waals surface area contributed by atoms with Crippen molar-refractivity contribution in [1.29, 1.82) is 0 Å². The SMILES string of the molecule is CC1=C(C)SC(=Cc2ccc(OCCOCCOCCOCCOCCOc3ccc(C=C4SC(C)=C(C)S4)cc3)cc2)S1. The fourth-order valence-corrected chi connectivity index (χ4v) is 8.74. The summed E-state index contributed by atoms with van der Waals surface area (Å²) in [5.41, 5.74) is 2.36. The second kappa shape index (κ2) is 19.7. The van der Waals surface area contributed by atoms with Gasteiger partial charge < -0.3 is 28.4 Å². The Kier molecular flexibility index (Phi) is 15.7. The number of rotatable bonds is 19. The van der Waals surface area contributed by atoms with Gasteiger partial charge in [-0.1, -0.05) is 71.3 Å². The molecule has 6 nitrogen and oxygen atoms in total. The molecule has 0 fully saturated rings. The molecule has 0 N–H and O–H groups in total. The lowest BCUT2D eigenvalue weighted by Gasteiger charge is -2.09. The van der Waals surface area contributed by atoms with Crippen LogP contribution in [0.1, 0.15) is 38.8 Å². The Balaban J connectivity index is 0.904. The van der Waals surface area contributed by atoms with Gasteiger partial charge in [-0.15, -0.1) is 0 Å². The van der Waals surface area contributed by atoms with Gasteiger partial charge in [0.05, 0.1) is 52.9 Å². The Morgan fingerprint density at radius 1 is 0.409 bits per heavy atom. The molecule has 0 saturated carbocycles. The minimum Gasteiger partial charge on any atom is -0.491 e. The third-order valence-electron chi connectivity index (χ3n) is 6.44. The van der Waals surface area contributed by atoms with Crippen molar-refractivity contribution in [3.63, 3.8) is 0 Å². The van der Waals surface area contributed by atoms with E-state index in [1.54, 1.807) is 0 Å². The van der Waals surface area contributed by atoms with Crippen molar-refractivity contribution in [3.8, 4) is 11.5 Å². The van der Waals surface area contributed by atoms with Crippen LogP contribution in [0.3, 0.4) is 0 Å². The average molecular weight is 675 g/mol. The molecule has 44 heavy (non-hydrogen) atoms. The number of hydrogen-bond acceptors (Lipinski definition) is 10. The van der Waals surface area contributed by atoms with Crippen LogP contribution in [0.5, 0.6) is 11.5 Å². The van der Waals surface area contributed by atoms with Crippen LogP contribution >= 0.6 is 47.0 Å². The molecule has 0 saturated heterocycles. The molecule has 2 aromatic carbocycles. The second-order valence-electron chi connectivity index (χ2n) is 9.84. The molecule has 0 amide bonds. The van der Waals surface area contributed by atoms with Crippen molar-refractivity contribution >= 4 is 59.2 Å². The number of benzene rings is 2. The van der Waals surface area contributed by atoms with Gasteiger partial charge >= 0.3 is 0 Å². The molecule has 0 unspecified atom stereocenters. The first-order chi connectivity index (χ1) is 21.5. The van der Waals surface area contributed by atoms with E-state index in [1.165, 1.54) is 39.2 Å². The van der Waals surface area contributed by atoms with Crippen LogP contribution in [-0.2, 0) is 18.9 Å². The fraction of sp³-hybridized carbons (Fsp3) is 0.412. The van der Waals surface area contributed by atoms with Crippen LogP contribution in [0.4, 0.5) is 0 Å². The molecule has 2 aliphatic rings. The van der Waals surface area contributed by atoms with Gasteiger partial charge in [0, 0.05) is 8.47 Å². The van der Waals surface area contributed by atoms with Gasteiger partial charge in [-0.25, -0.2) is 0 Å². The van der Waals surface area contributed by atoms with E-state index in [0.717, 1.165) is 11.5 Å². The van der Waals surface area contributed by atoms with E-state index >= 15 is 0 Å². The second-order valence-corrected chi connectivity index (χ2v) is 15.4. The van der Waals surface area contributed by atoms with Crippen LogP contribution in [0.25, 0.3) is 12.2 Å². The zero-order valence-electron chi connectivity index (χ0n) is 25.9. The lowest BCUT2D eigenvalue weighted by molar-refractivity contribution is -0.00699. The Labute approximate surface area is 279 Å². The molecule has 0 aromatic heterocycles. The highest BCUT2D eigenvalue weighted by atomic mass is 32.2. The molecule has 0 bridgehead atoms.